The Bertz CT molecular complexity index is 853. The number of allylic oxidation sites excluding steroid dienone is 2. The summed E-state index contributed by atoms with van der Waals surface area (Å²) in [6, 6.07) is 0.197. The number of hydrogen-bond donors (Lipinski definition) is 3. The van der Waals surface area contributed by atoms with Crippen LogP contribution in [-0.2, 0) is 9.59 Å². The van der Waals surface area contributed by atoms with Gasteiger partial charge in [0.25, 0.3) is 5.91 Å². The largest absolute Gasteiger partial charge is 0.481 e. The number of rotatable bonds is 5. The fraction of sp³-hybridized carbons (Fsp3) is 0.571. The SMILES string of the molecule is Cc1sc(NC(=O)[C@@H]2[C@H](C(=O)O)[C@H]3C=C[C@H]2C3)c(C(=O)NC2CCCC2)c1C. The summed E-state index contributed by atoms with van der Waals surface area (Å²) in [6.45, 7) is 3.83. The van der Waals surface area contributed by atoms with E-state index in [4.69, 9.17) is 0 Å². The topological polar surface area (TPSA) is 95.5 Å². The second-order valence-corrected chi connectivity index (χ2v) is 9.49. The number of hydrogen-bond acceptors (Lipinski definition) is 4. The smallest absolute Gasteiger partial charge is 0.307 e. The molecule has 1 aromatic heterocycles. The Labute approximate surface area is 168 Å². The Morgan fingerprint density at radius 3 is 2.36 bits per heavy atom. The number of nitrogens with one attached hydrogen (secondary N) is 2. The van der Waals surface area contributed by atoms with Crippen molar-refractivity contribution >= 4 is 34.1 Å². The maximum absolute atomic E-state index is 13.0. The van der Waals surface area contributed by atoms with Crippen LogP contribution in [-0.4, -0.2) is 28.9 Å². The molecule has 1 heterocycles. The minimum atomic E-state index is -0.922. The van der Waals surface area contributed by atoms with Crippen molar-refractivity contribution in [2.75, 3.05) is 5.32 Å². The van der Waals surface area contributed by atoms with Crippen LogP contribution < -0.4 is 10.6 Å². The zero-order valence-corrected chi connectivity index (χ0v) is 17.0. The van der Waals surface area contributed by atoms with Crippen LogP contribution in [0.2, 0.25) is 0 Å². The average Bonchev–Trinajstić information content (AvgIpc) is 3.40. The summed E-state index contributed by atoms with van der Waals surface area (Å²) in [6.07, 6.45) is 8.85. The molecule has 0 unspecified atom stereocenters. The number of aliphatic carboxylic acids is 1. The third kappa shape index (κ3) is 3.26. The molecule has 0 aromatic carbocycles. The van der Waals surface area contributed by atoms with Gasteiger partial charge in [0.2, 0.25) is 5.91 Å². The maximum atomic E-state index is 13.0. The molecule has 0 saturated heterocycles. The molecule has 150 valence electrons. The van der Waals surface area contributed by atoms with E-state index < -0.39 is 17.8 Å². The van der Waals surface area contributed by atoms with Gasteiger partial charge >= 0.3 is 5.97 Å². The van der Waals surface area contributed by atoms with E-state index in [9.17, 15) is 19.5 Å². The predicted octanol–water partition coefficient (Wildman–Crippen LogP) is 3.50. The lowest BCUT2D eigenvalue weighted by atomic mass is 9.82. The van der Waals surface area contributed by atoms with Gasteiger partial charge in [0.15, 0.2) is 0 Å². The zero-order chi connectivity index (χ0) is 20.0. The van der Waals surface area contributed by atoms with E-state index in [1.807, 2.05) is 26.0 Å². The van der Waals surface area contributed by atoms with E-state index in [1.165, 1.54) is 11.3 Å². The monoisotopic (exact) mass is 402 g/mol. The van der Waals surface area contributed by atoms with Gasteiger partial charge in [-0.3, -0.25) is 14.4 Å². The van der Waals surface area contributed by atoms with Gasteiger partial charge in [-0.15, -0.1) is 11.3 Å². The standard InChI is InChI=1S/C21H26N2O4S/c1-10-11(2)28-20(15(10)18(24)22-14-5-3-4-6-14)23-19(25)16-12-7-8-13(9-12)17(16)21(26)27/h7-8,12-14,16-17H,3-6,9H2,1-2H3,(H,22,24)(H,23,25)(H,26,27)/t12-,13-,16-,17+/m0/s1. The van der Waals surface area contributed by atoms with Crippen LogP contribution in [0.3, 0.4) is 0 Å². The van der Waals surface area contributed by atoms with Gasteiger partial charge in [0.05, 0.1) is 17.4 Å². The molecule has 0 radical (unpaired) electrons. The molecule has 2 saturated carbocycles. The van der Waals surface area contributed by atoms with E-state index in [2.05, 4.69) is 10.6 Å². The molecule has 4 rings (SSSR count). The summed E-state index contributed by atoms with van der Waals surface area (Å²) in [5.41, 5.74) is 1.40. The summed E-state index contributed by atoms with van der Waals surface area (Å²) in [5, 5.41) is 16.1. The van der Waals surface area contributed by atoms with Crippen LogP contribution >= 0.6 is 11.3 Å². The van der Waals surface area contributed by atoms with Crippen molar-refractivity contribution in [3.63, 3.8) is 0 Å². The Morgan fingerprint density at radius 2 is 1.71 bits per heavy atom. The summed E-state index contributed by atoms with van der Waals surface area (Å²) < 4.78 is 0. The van der Waals surface area contributed by atoms with Crippen LogP contribution in [0.1, 0.15) is 52.9 Å². The number of carbonyl (C=O) groups excluding carboxylic acids is 2. The number of amides is 2. The van der Waals surface area contributed by atoms with E-state index in [0.717, 1.165) is 36.1 Å². The first kappa shape index (κ1) is 19.2. The number of anilines is 1. The molecule has 2 amide bonds. The number of carboxylic acids is 1. The molecule has 0 aliphatic heterocycles. The van der Waals surface area contributed by atoms with Crippen LogP contribution in [0.5, 0.6) is 0 Å². The van der Waals surface area contributed by atoms with Crippen molar-refractivity contribution in [1.82, 2.24) is 5.32 Å². The Balaban J connectivity index is 1.55. The highest BCUT2D eigenvalue weighted by atomic mass is 32.1. The molecule has 1 aromatic rings. The lowest BCUT2D eigenvalue weighted by Gasteiger charge is -2.23. The first-order chi connectivity index (χ1) is 13.4. The number of aryl methyl sites for hydroxylation is 1. The van der Waals surface area contributed by atoms with Gasteiger partial charge in [-0.1, -0.05) is 25.0 Å². The molecule has 6 nitrogen and oxygen atoms in total. The van der Waals surface area contributed by atoms with Crippen LogP contribution in [0.25, 0.3) is 0 Å². The van der Waals surface area contributed by atoms with Crippen molar-refractivity contribution in [2.24, 2.45) is 23.7 Å². The molecule has 7 heteroatoms. The van der Waals surface area contributed by atoms with Crippen molar-refractivity contribution in [3.05, 3.63) is 28.2 Å². The van der Waals surface area contributed by atoms with E-state index in [1.54, 1.807) is 0 Å². The minimum Gasteiger partial charge on any atom is -0.481 e. The highest BCUT2D eigenvalue weighted by Crippen LogP contribution is 2.48. The zero-order valence-electron chi connectivity index (χ0n) is 16.2. The van der Waals surface area contributed by atoms with Crippen molar-refractivity contribution < 1.29 is 19.5 Å². The fourth-order valence-corrected chi connectivity index (χ4v) is 6.09. The molecule has 2 fully saturated rings. The van der Waals surface area contributed by atoms with Gasteiger partial charge in [-0.05, 0) is 50.5 Å². The van der Waals surface area contributed by atoms with E-state index in [-0.39, 0.29) is 29.7 Å². The van der Waals surface area contributed by atoms with E-state index >= 15 is 0 Å². The van der Waals surface area contributed by atoms with Gasteiger partial charge in [0, 0.05) is 10.9 Å². The van der Waals surface area contributed by atoms with Crippen molar-refractivity contribution in [2.45, 2.75) is 52.0 Å². The Kier molecular flexibility index (Phi) is 5.04. The summed E-state index contributed by atoms with van der Waals surface area (Å²) in [5.74, 6) is -2.74. The van der Waals surface area contributed by atoms with Gasteiger partial charge < -0.3 is 15.7 Å². The highest BCUT2D eigenvalue weighted by Gasteiger charge is 2.51. The molecule has 0 spiro atoms. The lowest BCUT2D eigenvalue weighted by molar-refractivity contribution is -0.146. The third-order valence-corrected chi connectivity index (χ3v) is 7.71. The average molecular weight is 403 g/mol. The molecule has 2 bridgehead atoms. The quantitative estimate of drug-likeness (QED) is 0.657. The second-order valence-electron chi connectivity index (χ2n) is 8.27. The van der Waals surface area contributed by atoms with Crippen LogP contribution in [0.15, 0.2) is 12.2 Å². The lowest BCUT2D eigenvalue weighted by Crippen LogP contribution is -2.37. The van der Waals surface area contributed by atoms with Crippen LogP contribution in [0, 0.1) is 37.5 Å². The number of carboxylic acid groups (broad SMARTS) is 1. The summed E-state index contributed by atoms with van der Waals surface area (Å²) >= 11 is 1.39. The maximum Gasteiger partial charge on any atom is 0.307 e. The van der Waals surface area contributed by atoms with Crippen molar-refractivity contribution in [3.8, 4) is 0 Å². The Morgan fingerprint density at radius 1 is 1.07 bits per heavy atom. The third-order valence-electron chi connectivity index (χ3n) is 6.59. The molecular formula is C21H26N2O4S. The summed E-state index contributed by atoms with van der Waals surface area (Å²) in [4.78, 5) is 38.6. The van der Waals surface area contributed by atoms with E-state index in [0.29, 0.717) is 17.0 Å². The number of thiophene rings is 1. The Hall–Kier alpha value is -2.15. The number of carbonyl (C=O) groups is 3. The molecular weight excluding hydrogens is 376 g/mol. The molecule has 3 N–H and O–H groups in total. The van der Waals surface area contributed by atoms with Crippen LogP contribution in [0.4, 0.5) is 5.00 Å². The molecule has 3 aliphatic carbocycles. The molecule has 4 atom stereocenters. The van der Waals surface area contributed by atoms with Gasteiger partial charge in [0.1, 0.15) is 5.00 Å². The van der Waals surface area contributed by atoms with Gasteiger partial charge in [-0.25, -0.2) is 0 Å². The highest BCUT2D eigenvalue weighted by molar-refractivity contribution is 7.16. The first-order valence-electron chi connectivity index (χ1n) is 9.99. The normalized spacial score (nSPS) is 28.6. The molecule has 3 aliphatic rings. The number of fused-ring (bicyclic) bond motifs is 2. The fourth-order valence-electron chi connectivity index (χ4n) is 5.03. The minimum absolute atomic E-state index is 0.0379. The second kappa shape index (κ2) is 7.35. The van der Waals surface area contributed by atoms with Gasteiger partial charge in [-0.2, -0.15) is 0 Å². The summed E-state index contributed by atoms with van der Waals surface area (Å²) in [7, 11) is 0. The van der Waals surface area contributed by atoms with Crippen molar-refractivity contribution in [1.29, 1.82) is 0 Å². The first-order valence-corrected chi connectivity index (χ1v) is 10.8. The predicted molar refractivity (Wildman–Crippen MR) is 107 cm³/mol. The molecule has 28 heavy (non-hydrogen) atoms.